The smallest absolute Gasteiger partial charge is 0.224 e. The molecule has 1 rings (SSSR count). The molecule has 0 bridgehead atoms. The first-order chi connectivity index (χ1) is 8.26. The molecule has 0 spiro atoms. The molecule has 0 fully saturated rings. The van der Waals surface area contributed by atoms with Crippen LogP contribution in [0.2, 0.25) is 0 Å². The zero-order chi connectivity index (χ0) is 12.5. The molecule has 0 aliphatic carbocycles. The van der Waals surface area contributed by atoms with Crippen molar-refractivity contribution in [1.29, 1.82) is 0 Å². The monoisotopic (exact) mass is 235 g/mol. The van der Waals surface area contributed by atoms with E-state index in [1.54, 1.807) is 6.20 Å². The van der Waals surface area contributed by atoms with Crippen LogP contribution in [-0.2, 0) is 4.79 Å². The van der Waals surface area contributed by atoms with Gasteiger partial charge in [0.05, 0.1) is 11.9 Å². The van der Waals surface area contributed by atoms with Crippen molar-refractivity contribution in [2.24, 2.45) is 0 Å². The van der Waals surface area contributed by atoms with Gasteiger partial charge < -0.3 is 10.6 Å². The van der Waals surface area contributed by atoms with Crippen molar-refractivity contribution in [1.82, 2.24) is 4.98 Å². The molecule has 0 saturated heterocycles. The fourth-order valence-corrected chi connectivity index (χ4v) is 1.41. The number of nitrogens with zero attached hydrogens (tertiary/aromatic N) is 1. The second-order valence-electron chi connectivity index (χ2n) is 3.97. The Morgan fingerprint density at radius 3 is 2.71 bits per heavy atom. The minimum atomic E-state index is 0.00968. The number of pyridine rings is 1. The molecule has 1 aromatic rings. The number of amides is 1. The standard InChI is InChI=1S/C13H21N3O/c1-3-5-6-9-14-12-8-7-11(10-15-12)16-13(17)4-2/h7-8,10H,3-6,9H2,1-2H3,(H,14,15)(H,16,17). The van der Waals surface area contributed by atoms with E-state index < -0.39 is 0 Å². The maximum absolute atomic E-state index is 11.2. The van der Waals surface area contributed by atoms with Crippen molar-refractivity contribution in [3.63, 3.8) is 0 Å². The molecule has 1 aromatic heterocycles. The number of aromatic nitrogens is 1. The average molecular weight is 235 g/mol. The minimum absolute atomic E-state index is 0.00968. The first-order valence-electron chi connectivity index (χ1n) is 6.26. The van der Waals surface area contributed by atoms with Crippen LogP contribution in [0, 0.1) is 0 Å². The van der Waals surface area contributed by atoms with E-state index in [0.29, 0.717) is 6.42 Å². The van der Waals surface area contributed by atoms with Crippen molar-refractivity contribution in [3.05, 3.63) is 18.3 Å². The van der Waals surface area contributed by atoms with Gasteiger partial charge in [0, 0.05) is 13.0 Å². The largest absolute Gasteiger partial charge is 0.370 e. The van der Waals surface area contributed by atoms with E-state index in [4.69, 9.17) is 0 Å². The Morgan fingerprint density at radius 2 is 2.12 bits per heavy atom. The lowest BCUT2D eigenvalue weighted by atomic mass is 10.2. The zero-order valence-electron chi connectivity index (χ0n) is 10.6. The molecular weight excluding hydrogens is 214 g/mol. The minimum Gasteiger partial charge on any atom is -0.370 e. The lowest BCUT2D eigenvalue weighted by Crippen LogP contribution is -2.10. The Balaban J connectivity index is 2.36. The molecular formula is C13H21N3O. The highest BCUT2D eigenvalue weighted by molar-refractivity contribution is 5.90. The Morgan fingerprint density at radius 1 is 1.29 bits per heavy atom. The van der Waals surface area contributed by atoms with Gasteiger partial charge in [-0.15, -0.1) is 0 Å². The van der Waals surface area contributed by atoms with Crippen LogP contribution in [0.15, 0.2) is 18.3 Å². The maximum Gasteiger partial charge on any atom is 0.224 e. The van der Waals surface area contributed by atoms with Crippen LogP contribution < -0.4 is 10.6 Å². The van der Waals surface area contributed by atoms with Gasteiger partial charge in [-0.25, -0.2) is 4.98 Å². The summed E-state index contributed by atoms with van der Waals surface area (Å²) in [5.74, 6) is 0.867. The molecule has 0 atom stereocenters. The van der Waals surface area contributed by atoms with Crippen LogP contribution in [0.5, 0.6) is 0 Å². The Kier molecular flexibility index (Phi) is 6.07. The van der Waals surface area contributed by atoms with Gasteiger partial charge >= 0.3 is 0 Å². The first-order valence-corrected chi connectivity index (χ1v) is 6.26. The molecule has 1 amide bonds. The van der Waals surface area contributed by atoms with Crippen LogP contribution >= 0.6 is 0 Å². The lowest BCUT2D eigenvalue weighted by Gasteiger charge is -2.06. The van der Waals surface area contributed by atoms with E-state index in [1.165, 1.54) is 12.8 Å². The number of unbranched alkanes of at least 4 members (excludes halogenated alkanes) is 2. The Bertz CT molecular complexity index is 335. The van der Waals surface area contributed by atoms with E-state index >= 15 is 0 Å². The number of hydrogen-bond donors (Lipinski definition) is 2. The molecule has 17 heavy (non-hydrogen) atoms. The third kappa shape index (κ3) is 5.33. The molecule has 0 aliphatic heterocycles. The molecule has 0 unspecified atom stereocenters. The van der Waals surface area contributed by atoms with Crippen molar-refractivity contribution in [2.45, 2.75) is 39.5 Å². The molecule has 4 nitrogen and oxygen atoms in total. The van der Waals surface area contributed by atoms with Crippen molar-refractivity contribution in [3.8, 4) is 0 Å². The SMILES string of the molecule is CCCCCNc1ccc(NC(=O)CC)cn1. The normalized spacial score (nSPS) is 10.0. The summed E-state index contributed by atoms with van der Waals surface area (Å²) in [6.07, 6.45) is 5.77. The second kappa shape index (κ2) is 7.65. The van der Waals surface area contributed by atoms with Gasteiger partial charge in [-0.1, -0.05) is 26.7 Å². The van der Waals surface area contributed by atoms with E-state index in [0.717, 1.165) is 24.5 Å². The van der Waals surface area contributed by atoms with E-state index in [2.05, 4.69) is 22.5 Å². The summed E-state index contributed by atoms with van der Waals surface area (Å²) in [4.78, 5) is 15.4. The van der Waals surface area contributed by atoms with Crippen LogP contribution in [0.25, 0.3) is 0 Å². The van der Waals surface area contributed by atoms with Crippen LogP contribution in [0.3, 0.4) is 0 Å². The number of carbonyl (C=O) groups excluding carboxylic acids is 1. The first kappa shape index (κ1) is 13.5. The summed E-state index contributed by atoms with van der Waals surface area (Å²) in [5.41, 5.74) is 0.746. The quantitative estimate of drug-likeness (QED) is 0.714. The number of hydrogen-bond acceptors (Lipinski definition) is 3. The van der Waals surface area contributed by atoms with E-state index in [9.17, 15) is 4.79 Å². The molecule has 0 saturated carbocycles. The topological polar surface area (TPSA) is 54.0 Å². The van der Waals surface area contributed by atoms with Gasteiger partial charge in [0.25, 0.3) is 0 Å². The van der Waals surface area contributed by atoms with Gasteiger partial charge in [-0.05, 0) is 18.6 Å². The van der Waals surface area contributed by atoms with Crippen LogP contribution in [0.4, 0.5) is 11.5 Å². The van der Waals surface area contributed by atoms with Gasteiger partial charge in [-0.3, -0.25) is 4.79 Å². The third-order valence-electron chi connectivity index (χ3n) is 2.45. The average Bonchev–Trinajstić information content (AvgIpc) is 2.36. The zero-order valence-corrected chi connectivity index (χ0v) is 10.6. The Hall–Kier alpha value is -1.58. The summed E-state index contributed by atoms with van der Waals surface area (Å²) in [5, 5.41) is 6.02. The molecule has 0 aromatic carbocycles. The lowest BCUT2D eigenvalue weighted by molar-refractivity contribution is -0.115. The molecule has 0 radical (unpaired) electrons. The highest BCUT2D eigenvalue weighted by Gasteiger charge is 1.99. The molecule has 94 valence electrons. The van der Waals surface area contributed by atoms with Crippen LogP contribution in [0.1, 0.15) is 39.5 Å². The predicted octanol–water partition coefficient (Wildman–Crippen LogP) is 3.03. The number of nitrogens with one attached hydrogen (secondary N) is 2. The highest BCUT2D eigenvalue weighted by Crippen LogP contribution is 2.10. The fourth-order valence-electron chi connectivity index (χ4n) is 1.41. The van der Waals surface area contributed by atoms with Crippen molar-refractivity contribution >= 4 is 17.4 Å². The Labute approximate surface area is 103 Å². The molecule has 4 heteroatoms. The second-order valence-corrected chi connectivity index (χ2v) is 3.97. The predicted molar refractivity (Wildman–Crippen MR) is 71.2 cm³/mol. The summed E-state index contributed by atoms with van der Waals surface area (Å²) in [7, 11) is 0. The van der Waals surface area contributed by atoms with Gasteiger partial charge in [0.1, 0.15) is 5.82 Å². The fraction of sp³-hybridized carbons (Fsp3) is 0.538. The van der Waals surface area contributed by atoms with E-state index in [-0.39, 0.29) is 5.91 Å². The molecule has 0 aliphatic rings. The summed E-state index contributed by atoms with van der Waals surface area (Å²) < 4.78 is 0. The van der Waals surface area contributed by atoms with Crippen molar-refractivity contribution < 1.29 is 4.79 Å². The number of rotatable bonds is 7. The number of carbonyl (C=O) groups is 1. The molecule has 2 N–H and O–H groups in total. The van der Waals surface area contributed by atoms with Crippen LogP contribution in [-0.4, -0.2) is 17.4 Å². The van der Waals surface area contributed by atoms with Crippen molar-refractivity contribution in [2.75, 3.05) is 17.2 Å². The summed E-state index contributed by atoms with van der Waals surface area (Å²) in [6.45, 7) is 4.96. The van der Waals surface area contributed by atoms with Gasteiger partial charge in [-0.2, -0.15) is 0 Å². The van der Waals surface area contributed by atoms with E-state index in [1.807, 2.05) is 19.1 Å². The summed E-state index contributed by atoms with van der Waals surface area (Å²) >= 11 is 0. The molecule has 1 heterocycles. The summed E-state index contributed by atoms with van der Waals surface area (Å²) in [6, 6.07) is 3.75. The highest BCUT2D eigenvalue weighted by atomic mass is 16.1. The van der Waals surface area contributed by atoms with Gasteiger partial charge in [0.2, 0.25) is 5.91 Å². The maximum atomic E-state index is 11.2. The third-order valence-corrected chi connectivity index (χ3v) is 2.45. The number of anilines is 2. The van der Waals surface area contributed by atoms with Gasteiger partial charge in [0.15, 0.2) is 0 Å².